The number of hydrogen-bond donors (Lipinski definition) is 3. The lowest BCUT2D eigenvalue weighted by Gasteiger charge is -2.30. The molecule has 1 heterocycles. The Balaban J connectivity index is 1.71. The number of nitrogens with two attached hydrogens (primary N) is 1. The van der Waals surface area contributed by atoms with E-state index in [4.69, 9.17) is 10.5 Å². The van der Waals surface area contributed by atoms with Crippen LogP contribution in [0.15, 0.2) is 42.5 Å². The van der Waals surface area contributed by atoms with E-state index in [1.165, 1.54) is 4.90 Å². The molecule has 0 fully saturated rings. The maximum atomic E-state index is 12.8. The molecule has 2 aromatic carbocycles. The number of ether oxygens (including phenoxy) is 1. The van der Waals surface area contributed by atoms with E-state index >= 15 is 0 Å². The van der Waals surface area contributed by atoms with Crippen LogP contribution in [-0.2, 0) is 9.53 Å². The van der Waals surface area contributed by atoms with Crippen molar-refractivity contribution >= 4 is 34.4 Å². The average Bonchev–Trinajstić information content (AvgIpc) is 3.16. The van der Waals surface area contributed by atoms with Crippen molar-refractivity contribution < 1.29 is 14.3 Å². The van der Waals surface area contributed by atoms with Crippen LogP contribution in [0.3, 0.4) is 0 Å². The van der Waals surface area contributed by atoms with Gasteiger partial charge in [0, 0.05) is 17.8 Å². The van der Waals surface area contributed by atoms with Crippen LogP contribution in [-0.4, -0.2) is 45.1 Å². The van der Waals surface area contributed by atoms with Gasteiger partial charge in [0.2, 0.25) is 5.91 Å². The SMILES string of the molecule is CCCN(C(=O)OC(C)(C)C)[C@@H](C)C(=O)Nc1ccc(-c2nc3c(N)cccc3[nH]2)cc1. The van der Waals surface area contributed by atoms with Crippen molar-refractivity contribution in [1.29, 1.82) is 0 Å². The van der Waals surface area contributed by atoms with Crippen molar-refractivity contribution in [2.45, 2.75) is 52.7 Å². The van der Waals surface area contributed by atoms with Gasteiger partial charge in [-0.1, -0.05) is 13.0 Å². The van der Waals surface area contributed by atoms with E-state index in [0.29, 0.717) is 30.2 Å². The minimum atomic E-state index is -0.678. The summed E-state index contributed by atoms with van der Waals surface area (Å²) >= 11 is 0. The highest BCUT2D eigenvalue weighted by atomic mass is 16.6. The molecule has 3 aromatic rings. The van der Waals surface area contributed by atoms with Crippen LogP contribution < -0.4 is 11.1 Å². The summed E-state index contributed by atoms with van der Waals surface area (Å²) in [5, 5.41) is 2.87. The van der Waals surface area contributed by atoms with Crippen molar-refractivity contribution in [1.82, 2.24) is 14.9 Å². The van der Waals surface area contributed by atoms with Crippen molar-refractivity contribution in [3.63, 3.8) is 0 Å². The van der Waals surface area contributed by atoms with Crippen LogP contribution in [0.25, 0.3) is 22.4 Å². The van der Waals surface area contributed by atoms with Crippen LogP contribution in [0.2, 0.25) is 0 Å². The first-order valence-corrected chi connectivity index (χ1v) is 10.7. The third-order valence-electron chi connectivity index (χ3n) is 4.91. The fraction of sp³-hybridized carbons (Fsp3) is 0.375. The molecule has 0 bridgehead atoms. The lowest BCUT2D eigenvalue weighted by molar-refractivity contribution is -0.120. The number of hydrogen-bond acceptors (Lipinski definition) is 5. The number of carbonyl (C=O) groups is 2. The number of amides is 2. The lowest BCUT2D eigenvalue weighted by Crippen LogP contribution is -2.47. The lowest BCUT2D eigenvalue weighted by atomic mass is 10.2. The summed E-state index contributed by atoms with van der Waals surface area (Å²) in [7, 11) is 0. The number of nitrogens with zero attached hydrogens (tertiary/aromatic N) is 2. The van der Waals surface area contributed by atoms with Crippen LogP contribution in [0.5, 0.6) is 0 Å². The fourth-order valence-corrected chi connectivity index (χ4v) is 3.30. The molecule has 0 saturated heterocycles. The number of imidazole rings is 1. The van der Waals surface area contributed by atoms with E-state index in [9.17, 15) is 9.59 Å². The van der Waals surface area contributed by atoms with Crippen LogP contribution in [0, 0.1) is 0 Å². The van der Waals surface area contributed by atoms with Gasteiger partial charge in [0.1, 0.15) is 23.0 Å². The van der Waals surface area contributed by atoms with Gasteiger partial charge in [-0.25, -0.2) is 9.78 Å². The molecule has 1 atom stereocenters. The second-order valence-corrected chi connectivity index (χ2v) is 8.75. The number of rotatable bonds is 6. The second-order valence-electron chi connectivity index (χ2n) is 8.75. The minimum Gasteiger partial charge on any atom is -0.444 e. The molecule has 0 radical (unpaired) electrons. The van der Waals surface area contributed by atoms with Crippen LogP contribution in [0.4, 0.5) is 16.2 Å². The summed E-state index contributed by atoms with van der Waals surface area (Å²) in [4.78, 5) is 34.6. The topological polar surface area (TPSA) is 113 Å². The number of anilines is 2. The van der Waals surface area contributed by atoms with E-state index < -0.39 is 17.7 Å². The zero-order valence-corrected chi connectivity index (χ0v) is 19.2. The molecule has 0 aliphatic heterocycles. The Morgan fingerprint density at radius 2 is 1.88 bits per heavy atom. The van der Waals surface area contributed by atoms with E-state index in [1.54, 1.807) is 39.8 Å². The van der Waals surface area contributed by atoms with Crippen molar-refractivity contribution in [3.8, 4) is 11.4 Å². The van der Waals surface area contributed by atoms with E-state index in [-0.39, 0.29) is 5.91 Å². The first-order valence-electron chi connectivity index (χ1n) is 10.7. The highest BCUT2D eigenvalue weighted by Gasteiger charge is 2.29. The molecule has 8 nitrogen and oxygen atoms in total. The van der Waals surface area contributed by atoms with Gasteiger partial charge in [-0.2, -0.15) is 0 Å². The molecule has 170 valence electrons. The second kappa shape index (κ2) is 9.30. The minimum absolute atomic E-state index is 0.284. The molecule has 0 aliphatic carbocycles. The number of nitrogens with one attached hydrogen (secondary N) is 2. The number of fused-ring (bicyclic) bond motifs is 1. The predicted molar refractivity (Wildman–Crippen MR) is 127 cm³/mol. The number of aromatic amines is 1. The van der Waals surface area contributed by atoms with Gasteiger partial charge in [-0.15, -0.1) is 0 Å². The fourth-order valence-electron chi connectivity index (χ4n) is 3.30. The Hall–Kier alpha value is -3.55. The molecule has 3 rings (SSSR count). The number of para-hydroxylation sites is 1. The summed E-state index contributed by atoms with van der Waals surface area (Å²) in [5.41, 5.74) is 9.06. The molecule has 32 heavy (non-hydrogen) atoms. The van der Waals surface area contributed by atoms with Gasteiger partial charge in [-0.3, -0.25) is 9.69 Å². The van der Waals surface area contributed by atoms with Crippen molar-refractivity contribution in [2.75, 3.05) is 17.6 Å². The van der Waals surface area contributed by atoms with Crippen LogP contribution >= 0.6 is 0 Å². The van der Waals surface area contributed by atoms with E-state index in [1.807, 2.05) is 37.3 Å². The molecule has 4 N–H and O–H groups in total. The Kier molecular flexibility index (Phi) is 6.72. The molecule has 0 spiro atoms. The van der Waals surface area contributed by atoms with Gasteiger partial charge in [0.15, 0.2) is 0 Å². The average molecular weight is 438 g/mol. The third kappa shape index (κ3) is 5.38. The number of benzene rings is 2. The highest BCUT2D eigenvalue weighted by molar-refractivity contribution is 5.96. The maximum Gasteiger partial charge on any atom is 0.410 e. The molecular weight excluding hydrogens is 406 g/mol. The van der Waals surface area contributed by atoms with Crippen molar-refractivity contribution in [2.24, 2.45) is 0 Å². The summed E-state index contributed by atoms with van der Waals surface area (Å²) in [5.74, 6) is 0.414. The molecule has 0 saturated carbocycles. The molecular formula is C24H31N5O3. The van der Waals surface area contributed by atoms with Gasteiger partial charge in [0.05, 0.1) is 11.2 Å². The number of H-pyrrole nitrogens is 1. The van der Waals surface area contributed by atoms with E-state index in [0.717, 1.165) is 16.6 Å². The molecule has 0 unspecified atom stereocenters. The standard InChI is InChI=1S/C24H31N5O3/c1-6-14-29(23(31)32-24(3,4)5)15(2)22(30)26-17-12-10-16(11-13-17)21-27-19-9-7-8-18(25)20(19)28-21/h7-13,15H,6,14,25H2,1-5H3,(H,26,30)(H,27,28)/t15-/m0/s1. The Morgan fingerprint density at radius 1 is 1.19 bits per heavy atom. The number of carbonyl (C=O) groups excluding carboxylic acids is 2. The normalized spacial score (nSPS) is 12.4. The highest BCUT2D eigenvalue weighted by Crippen LogP contribution is 2.25. The Labute approximate surface area is 188 Å². The molecule has 8 heteroatoms. The van der Waals surface area contributed by atoms with Gasteiger partial charge >= 0.3 is 6.09 Å². The first kappa shape index (κ1) is 23.1. The predicted octanol–water partition coefficient (Wildman–Crippen LogP) is 4.79. The summed E-state index contributed by atoms with van der Waals surface area (Å²) < 4.78 is 5.46. The summed E-state index contributed by atoms with van der Waals surface area (Å²) in [6, 6.07) is 12.3. The zero-order chi connectivity index (χ0) is 23.5. The molecule has 0 aliphatic rings. The monoisotopic (exact) mass is 437 g/mol. The van der Waals surface area contributed by atoms with Crippen LogP contribution in [0.1, 0.15) is 41.0 Å². The smallest absolute Gasteiger partial charge is 0.410 e. The maximum absolute atomic E-state index is 12.8. The van der Waals surface area contributed by atoms with Gasteiger partial charge < -0.3 is 20.8 Å². The molecule has 1 aromatic heterocycles. The largest absolute Gasteiger partial charge is 0.444 e. The van der Waals surface area contributed by atoms with Gasteiger partial charge in [0.25, 0.3) is 0 Å². The summed E-state index contributed by atoms with van der Waals surface area (Å²) in [6.45, 7) is 9.49. The molecule has 2 amide bonds. The Bertz CT molecular complexity index is 1100. The quantitative estimate of drug-likeness (QED) is 0.480. The van der Waals surface area contributed by atoms with Gasteiger partial charge in [-0.05, 0) is 70.5 Å². The van der Waals surface area contributed by atoms with E-state index in [2.05, 4.69) is 15.3 Å². The third-order valence-corrected chi connectivity index (χ3v) is 4.91. The summed E-state index contributed by atoms with van der Waals surface area (Å²) in [6.07, 6.45) is 0.217. The first-order chi connectivity index (χ1) is 15.1. The number of aromatic nitrogens is 2. The Morgan fingerprint density at radius 3 is 2.47 bits per heavy atom. The zero-order valence-electron chi connectivity index (χ0n) is 19.2. The number of nitrogen functional groups attached to an aromatic ring is 1. The van der Waals surface area contributed by atoms with Crippen molar-refractivity contribution in [3.05, 3.63) is 42.5 Å².